The first-order valence-electron chi connectivity index (χ1n) is 10.1. The van der Waals surface area contributed by atoms with Crippen molar-refractivity contribution in [3.05, 3.63) is 87.8 Å². The number of hydrogen-bond donors (Lipinski definition) is 1. The van der Waals surface area contributed by atoms with E-state index in [-0.39, 0.29) is 28.6 Å². The van der Waals surface area contributed by atoms with Gasteiger partial charge in [-0.1, -0.05) is 19.1 Å². The zero-order valence-electron chi connectivity index (χ0n) is 17.9. The fourth-order valence-electron chi connectivity index (χ4n) is 3.36. The van der Waals surface area contributed by atoms with E-state index in [2.05, 4.69) is 9.97 Å². The highest BCUT2D eigenvalue weighted by atomic mass is 32.2. The molecule has 0 aliphatic heterocycles. The summed E-state index contributed by atoms with van der Waals surface area (Å²) in [6.07, 6.45) is 0. The number of sulfone groups is 1. The molecule has 0 atom stereocenters. The lowest BCUT2D eigenvalue weighted by Gasteiger charge is -2.14. The van der Waals surface area contributed by atoms with Crippen molar-refractivity contribution in [3.8, 4) is 22.6 Å². The largest absolute Gasteiger partial charge is 0.454 e. The van der Waals surface area contributed by atoms with Crippen LogP contribution in [0.15, 0.2) is 59.4 Å². The molecule has 0 saturated carbocycles. The van der Waals surface area contributed by atoms with Gasteiger partial charge in [0.25, 0.3) is 5.56 Å². The van der Waals surface area contributed by atoms with Crippen LogP contribution in [0.2, 0.25) is 0 Å². The molecule has 0 bridgehead atoms. The standard InChI is InChI=1S/C24H20F2N2O4S/c1-3-33(30,31)13-15-4-8-22(32-23-9-6-17(25)12-19(23)26)18(10-15)16-5-7-20-21(11-16)27-14(2)24(29)28-20/h4-12H,3,13H2,1-2H3,(H,28,29). The van der Waals surface area contributed by atoms with E-state index < -0.39 is 21.5 Å². The fourth-order valence-corrected chi connectivity index (χ4v) is 4.25. The molecule has 6 nitrogen and oxygen atoms in total. The van der Waals surface area contributed by atoms with Crippen molar-refractivity contribution >= 4 is 20.9 Å². The molecule has 0 radical (unpaired) electrons. The Bertz CT molecular complexity index is 1530. The summed E-state index contributed by atoms with van der Waals surface area (Å²) in [4.78, 5) is 18.9. The molecule has 4 rings (SSSR count). The van der Waals surface area contributed by atoms with Crippen LogP contribution in [-0.2, 0) is 15.6 Å². The highest BCUT2D eigenvalue weighted by molar-refractivity contribution is 7.90. The van der Waals surface area contributed by atoms with Crippen LogP contribution in [-0.4, -0.2) is 24.1 Å². The second kappa shape index (κ2) is 8.74. The monoisotopic (exact) mass is 470 g/mol. The molecule has 33 heavy (non-hydrogen) atoms. The Balaban J connectivity index is 1.86. The van der Waals surface area contributed by atoms with Crippen LogP contribution in [0.25, 0.3) is 22.2 Å². The van der Waals surface area contributed by atoms with Gasteiger partial charge in [-0.15, -0.1) is 0 Å². The first kappa shape index (κ1) is 22.6. The Morgan fingerprint density at radius 3 is 2.48 bits per heavy atom. The molecule has 0 unspecified atom stereocenters. The number of hydrogen-bond acceptors (Lipinski definition) is 5. The predicted molar refractivity (Wildman–Crippen MR) is 122 cm³/mol. The summed E-state index contributed by atoms with van der Waals surface area (Å²) >= 11 is 0. The molecule has 1 heterocycles. The van der Waals surface area contributed by atoms with Crippen LogP contribution in [0.1, 0.15) is 18.2 Å². The Labute approximate surface area is 188 Å². The van der Waals surface area contributed by atoms with Crippen LogP contribution in [0.4, 0.5) is 8.78 Å². The number of halogens is 2. The molecular weight excluding hydrogens is 450 g/mol. The maximum absolute atomic E-state index is 14.2. The normalized spacial score (nSPS) is 11.6. The number of aromatic nitrogens is 2. The number of benzene rings is 3. The summed E-state index contributed by atoms with van der Waals surface area (Å²) in [6, 6.07) is 12.9. The third kappa shape index (κ3) is 4.93. The van der Waals surface area contributed by atoms with Crippen LogP contribution in [0.5, 0.6) is 11.5 Å². The van der Waals surface area contributed by atoms with Crippen molar-refractivity contribution < 1.29 is 21.9 Å². The quantitative estimate of drug-likeness (QED) is 0.433. The van der Waals surface area contributed by atoms with E-state index >= 15 is 0 Å². The van der Waals surface area contributed by atoms with E-state index in [1.807, 2.05) is 0 Å². The van der Waals surface area contributed by atoms with Gasteiger partial charge in [0.05, 0.1) is 16.8 Å². The van der Waals surface area contributed by atoms with Crippen molar-refractivity contribution in [1.82, 2.24) is 9.97 Å². The minimum Gasteiger partial charge on any atom is -0.454 e. The Morgan fingerprint density at radius 1 is 1.00 bits per heavy atom. The Kier molecular flexibility index (Phi) is 5.99. The second-order valence-corrected chi connectivity index (χ2v) is 9.92. The number of nitrogens with one attached hydrogen (secondary N) is 1. The summed E-state index contributed by atoms with van der Waals surface area (Å²) in [7, 11) is -3.29. The van der Waals surface area contributed by atoms with Crippen molar-refractivity contribution in [2.75, 3.05) is 5.75 Å². The first-order valence-corrected chi connectivity index (χ1v) is 11.9. The molecule has 170 valence electrons. The summed E-state index contributed by atoms with van der Waals surface area (Å²) in [5, 5.41) is 0. The van der Waals surface area contributed by atoms with Crippen molar-refractivity contribution in [3.63, 3.8) is 0 Å². The molecule has 1 N–H and O–H groups in total. The molecule has 4 aromatic rings. The lowest BCUT2D eigenvalue weighted by molar-refractivity contribution is 0.439. The average Bonchev–Trinajstić information content (AvgIpc) is 2.77. The summed E-state index contributed by atoms with van der Waals surface area (Å²) < 4.78 is 57.6. The number of ether oxygens (including phenoxy) is 1. The number of aromatic amines is 1. The molecule has 9 heteroatoms. The number of rotatable bonds is 6. The molecule has 0 aliphatic carbocycles. The number of fused-ring (bicyclic) bond motifs is 1. The number of H-pyrrole nitrogens is 1. The Morgan fingerprint density at radius 2 is 1.76 bits per heavy atom. The van der Waals surface area contributed by atoms with Gasteiger partial charge in [0, 0.05) is 17.4 Å². The maximum atomic E-state index is 14.2. The molecule has 1 aromatic heterocycles. The highest BCUT2D eigenvalue weighted by Gasteiger charge is 2.16. The van der Waals surface area contributed by atoms with Gasteiger partial charge in [0.2, 0.25) is 0 Å². The van der Waals surface area contributed by atoms with Gasteiger partial charge in [-0.25, -0.2) is 22.2 Å². The zero-order chi connectivity index (χ0) is 23.8. The molecule has 0 amide bonds. The zero-order valence-corrected chi connectivity index (χ0v) is 18.7. The van der Waals surface area contributed by atoms with E-state index in [4.69, 9.17) is 4.74 Å². The topological polar surface area (TPSA) is 89.1 Å². The molecule has 0 fully saturated rings. The second-order valence-electron chi connectivity index (χ2n) is 7.57. The smallest absolute Gasteiger partial charge is 0.269 e. The molecular formula is C24H20F2N2O4S. The number of aryl methyl sites for hydroxylation is 1. The van der Waals surface area contributed by atoms with E-state index in [0.717, 1.165) is 12.1 Å². The van der Waals surface area contributed by atoms with Gasteiger partial charge in [0.1, 0.15) is 17.3 Å². The van der Waals surface area contributed by atoms with Gasteiger partial charge in [-0.05, 0) is 54.4 Å². The lowest BCUT2D eigenvalue weighted by Crippen LogP contribution is -2.11. The molecule has 3 aromatic carbocycles. The van der Waals surface area contributed by atoms with Gasteiger partial charge in [-0.2, -0.15) is 0 Å². The average molecular weight is 470 g/mol. The highest BCUT2D eigenvalue weighted by Crippen LogP contribution is 2.36. The van der Waals surface area contributed by atoms with Crippen molar-refractivity contribution in [2.45, 2.75) is 19.6 Å². The van der Waals surface area contributed by atoms with Gasteiger partial charge < -0.3 is 9.72 Å². The summed E-state index contributed by atoms with van der Waals surface area (Å²) in [6.45, 7) is 3.16. The SMILES string of the molecule is CCS(=O)(=O)Cc1ccc(Oc2ccc(F)cc2F)c(-c2ccc3[nH]c(=O)c(C)nc3c2)c1. The van der Waals surface area contributed by atoms with Crippen LogP contribution < -0.4 is 10.3 Å². The van der Waals surface area contributed by atoms with E-state index in [1.54, 1.807) is 50.2 Å². The van der Waals surface area contributed by atoms with Gasteiger partial charge in [-0.3, -0.25) is 4.79 Å². The molecule has 0 aliphatic rings. The number of nitrogens with zero attached hydrogens (tertiary/aromatic N) is 1. The minimum absolute atomic E-state index is 0.00604. The lowest BCUT2D eigenvalue weighted by atomic mass is 10.0. The van der Waals surface area contributed by atoms with Crippen LogP contribution in [0, 0.1) is 18.6 Å². The Hall–Kier alpha value is -3.59. The predicted octanol–water partition coefficient (Wildman–Crippen LogP) is 4.90. The molecule has 0 saturated heterocycles. The fraction of sp³-hybridized carbons (Fsp3) is 0.167. The van der Waals surface area contributed by atoms with E-state index in [9.17, 15) is 22.0 Å². The maximum Gasteiger partial charge on any atom is 0.269 e. The summed E-state index contributed by atoms with van der Waals surface area (Å²) in [5.74, 6) is -1.70. The third-order valence-electron chi connectivity index (χ3n) is 5.16. The third-order valence-corrected chi connectivity index (χ3v) is 6.81. The minimum atomic E-state index is -3.29. The van der Waals surface area contributed by atoms with E-state index in [0.29, 0.717) is 33.4 Å². The summed E-state index contributed by atoms with van der Waals surface area (Å²) in [5.41, 5.74) is 2.71. The molecule has 0 spiro atoms. The van der Waals surface area contributed by atoms with Gasteiger partial charge >= 0.3 is 0 Å². The van der Waals surface area contributed by atoms with Crippen LogP contribution >= 0.6 is 0 Å². The van der Waals surface area contributed by atoms with Crippen molar-refractivity contribution in [2.24, 2.45) is 0 Å². The van der Waals surface area contributed by atoms with Crippen LogP contribution in [0.3, 0.4) is 0 Å². The van der Waals surface area contributed by atoms with Gasteiger partial charge in [0.15, 0.2) is 21.4 Å². The first-order chi connectivity index (χ1) is 15.6. The van der Waals surface area contributed by atoms with E-state index in [1.165, 1.54) is 6.07 Å². The van der Waals surface area contributed by atoms with Crippen molar-refractivity contribution in [1.29, 1.82) is 0 Å².